The Morgan fingerprint density at radius 3 is 2.73 bits per heavy atom. The molecule has 30 heavy (non-hydrogen) atoms. The van der Waals surface area contributed by atoms with Crippen LogP contribution in [-0.4, -0.2) is 38.5 Å². The number of fused-ring (bicyclic) bond motifs is 1. The van der Waals surface area contributed by atoms with Gasteiger partial charge in [0.2, 0.25) is 0 Å². The van der Waals surface area contributed by atoms with E-state index in [9.17, 15) is 9.18 Å². The molecule has 0 saturated carbocycles. The summed E-state index contributed by atoms with van der Waals surface area (Å²) in [6.45, 7) is 2.30. The Bertz CT molecular complexity index is 1220. The van der Waals surface area contributed by atoms with Gasteiger partial charge >= 0.3 is 0 Å². The molecule has 1 unspecified atom stereocenters. The van der Waals surface area contributed by atoms with Crippen LogP contribution in [0.4, 0.5) is 4.39 Å². The third-order valence-electron chi connectivity index (χ3n) is 5.36. The molecule has 0 radical (unpaired) electrons. The molecule has 0 amide bonds. The molecule has 0 bridgehead atoms. The van der Waals surface area contributed by atoms with Crippen molar-refractivity contribution >= 4 is 5.52 Å². The van der Waals surface area contributed by atoms with E-state index in [2.05, 4.69) is 14.9 Å². The van der Waals surface area contributed by atoms with Gasteiger partial charge in [-0.2, -0.15) is 0 Å². The second-order valence-corrected chi connectivity index (χ2v) is 7.53. The zero-order chi connectivity index (χ0) is 20.5. The van der Waals surface area contributed by atoms with Crippen molar-refractivity contribution in [2.24, 2.45) is 0 Å². The van der Waals surface area contributed by atoms with Crippen molar-refractivity contribution in [3.63, 3.8) is 0 Å². The lowest BCUT2D eigenvalue weighted by Gasteiger charge is -2.17. The molecule has 4 aromatic rings. The number of halogens is 1. The predicted molar refractivity (Wildman–Crippen MR) is 112 cm³/mol. The number of benzene rings is 2. The Morgan fingerprint density at radius 1 is 1.13 bits per heavy atom. The third-order valence-corrected chi connectivity index (χ3v) is 5.36. The zero-order valence-corrected chi connectivity index (χ0v) is 16.3. The van der Waals surface area contributed by atoms with E-state index in [0.717, 1.165) is 36.5 Å². The lowest BCUT2D eigenvalue weighted by Crippen LogP contribution is -2.26. The van der Waals surface area contributed by atoms with E-state index in [1.807, 2.05) is 36.5 Å². The molecule has 5 rings (SSSR count). The van der Waals surface area contributed by atoms with Crippen molar-refractivity contribution in [2.75, 3.05) is 13.1 Å². The molecule has 0 spiro atoms. The van der Waals surface area contributed by atoms with E-state index in [-0.39, 0.29) is 17.5 Å². The van der Waals surface area contributed by atoms with Crippen LogP contribution < -0.4 is 10.3 Å². The number of ether oxygens (including phenoxy) is 1. The van der Waals surface area contributed by atoms with E-state index in [4.69, 9.17) is 4.74 Å². The average molecular weight is 404 g/mol. The summed E-state index contributed by atoms with van der Waals surface area (Å²) < 4.78 is 21.1. The molecule has 1 aliphatic heterocycles. The number of H-pyrrole nitrogens is 1. The fourth-order valence-corrected chi connectivity index (χ4v) is 3.92. The molecule has 1 atom stereocenters. The van der Waals surface area contributed by atoms with Gasteiger partial charge in [-0.3, -0.25) is 14.1 Å². The highest BCUT2D eigenvalue weighted by molar-refractivity contribution is 5.61. The Kier molecular flexibility index (Phi) is 4.80. The van der Waals surface area contributed by atoms with Gasteiger partial charge in [-0.05, 0) is 42.8 Å². The van der Waals surface area contributed by atoms with Crippen molar-refractivity contribution in [3.05, 3.63) is 88.9 Å². The molecule has 1 N–H and O–H groups in total. The molecular formula is C23H21FN4O2. The second kappa shape index (κ2) is 7.76. The Balaban J connectivity index is 1.35. The molecule has 1 saturated heterocycles. The number of nitrogens with zero attached hydrogens (tertiary/aromatic N) is 3. The number of imidazole rings is 1. The first-order valence-corrected chi connectivity index (χ1v) is 9.95. The van der Waals surface area contributed by atoms with E-state index < -0.39 is 0 Å². The van der Waals surface area contributed by atoms with Crippen LogP contribution in [0.2, 0.25) is 0 Å². The van der Waals surface area contributed by atoms with Crippen LogP contribution in [0.1, 0.15) is 12.1 Å². The van der Waals surface area contributed by atoms with Crippen molar-refractivity contribution in [1.82, 2.24) is 19.3 Å². The first kappa shape index (κ1) is 18.6. The molecule has 1 aliphatic rings. The van der Waals surface area contributed by atoms with Gasteiger partial charge in [0, 0.05) is 37.1 Å². The van der Waals surface area contributed by atoms with Gasteiger partial charge in [0.1, 0.15) is 29.0 Å². The highest BCUT2D eigenvalue weighted by Gasteiger charge is 2.24. The number of rotatable bonds is 5. The van der Waals surface area contributed by atoms with Crippen LogP contribution in [0.5, 0.6) is 5.75 Å². The molecule has 6 nitrogen and oxygen atoms in total. The van der Waals surface area contributed by atoms with Gasteiger partial charge in [0.25, 0.3) is 5.56 Å². The van der Waals surface area contributed by atoms with Crippen molar-refractivity contribution in [1.29, 1.82) is 0 Å². The van der Waals surface area contributed by atoms with Gasteiger partial charge < -0.3 is 9.72 Å². The van der Waals surface area contributed by atoms with E-state index in [0.29, 0.717) is 17.9 Å². The number of para-hydroxylation sites is 1. The molecule has 3 heterocycles. The van der Waals surface area contributed by atoms with Gasteiger partial charge in [-0.1, -0.05) is 18.2 Å². The maximum absolute atomic E-state index is 13.3. The summed E-state index contributed by atoms with van der Waals surface area (Å²) in [4.78, 5) is 22.2. The number of hydrogen-bond donors (Lipinski definition) is 1. The number of nitrogens with one attached hydrogen (secondary N) is 1. The number of aromatic amines is 1. The minimum Gasteiger partial charge on any atom is -0.489 e. The number of likely N-dealkylation sites (tertiary alicyclic amines) is 1. The topological polar surface area (TPSA) is 62.6 Å². The monoisotopic (exact) mass is 404 g/mol. The number of hydrogen-bond acceptors (Lipinski definition) is 4. The van der Waals surface area contributed by atoms with Crippen LogP contribution in [0.3, 0.4) is 0 Å². The van der Waals surface area contributed by atoms with Crippen LogP contribution in [0, 0.1) is 5.82 Å². The lowest BCUT2D eigenvalue weighted by atomic mass is 10.2. The average Bonchev–Trinajstić information content (AvgIpc) is 3.37. The quantitative estimate of drug-likeness (QED) is 0.553. The molecule has 152 valence electrons. The lowest BCUT2D eigenvalue weighted by molar-refractivity contribution is 0.197. The zero-order valence-electron chi connectivity index (χ0n) is 16.3. The van der Waals surface area contributed by atoms with E-state index >= 15 is 0 Å². The predicted octanol–water partition coefficient (Wildman–Crippen LogP) is 3.48. The van der Waals surface area contributed by atoms with Crippen LogP contribution in [0.15, 0.2) is 71.8 Å². The summed E-state index contributed by atoms with van der Waals surface area (Å²) in [6.07, 6.45) is 4.51. The summed E-state index contributed by atoms with van der Waals surface area (Å²) in [5, 5.41) is 0. The largest absolute Gasteiger partial charge is 0.489 e. The highest BCUT2D eigenvalue weighted by atomic mass is 19.1. The van der Waals surface area contributed by atoms with Crippen LogP contribution in [-0.2, 0) is 6.54 Å². The Labute approximate surface area is 172 Å². The highest BCUT2D eigenvalue weighted by Crippen LogP contribution is 2.21. The Hall–Kier alpha value is -3.45. The SMILES string of the molecule is O=c1[nH]c(CN2CCC(Oc3ccccc3)C2)cn2c(-c3ccc(F)cc3)ncc12. The molecular weight excluding hydrogens is 383 g/mol. The summed E-state index contributed by atoms with van der Waals surface area (Å²) in [7, 11) is 0. The fraction of sp³-hybridized carbons (Fsp3) is 0.217. The van der Waals surface area contributed by atoms with Crippen molar-refractivity contribution in [2.45, 2.75) is 19.1 Å². The van der Waals surface area contributed by atoms with Crippen molar-refractivity contribution < 1.29 is 9.13 Å². The molecule has 0 aliphatic carbocycles. The first-order valence-electron chi connectivity index (χ1n) is 9.95. The normalized spacial score (nSPS) is 16.9. The van der Waals surface area contributed by atoms with Gasteiger partial charge in [-0.15, -0.1) is 0 Å². The van der Waals surface area contributed by atoms with Gasteiger partial charge in [0.15, 0.2) is 0 Å². The molecule has 1 fully saturated rings. The van der Waals surface area contributed by atoms with Gasteiger partial charge in [0.05, 0.1) is 6.20 Å². The Morgan fingerprint density at radius 2 is 1.93 bits per heavy atom. The minimum absolute atomic E-state index is 0.130. The fourth-order valence-electron chi connectivity index (χ4n) is 3.92. The minimum atomic E-state index is -0.306. The summed E-state index contributed by atoms with van der Waals surface area (Å²) in [5.74, 6) is 1.19. The first-order chi connectivity index (χ1) is 14.7. The number of aromatic nitrogens is 3. The summed E-state index contributed by atoms with van der Waals surface area (Å²) >= 11 is 0. The van der Waals surface area contributed by atoms with Crippen LogP contribution in [0.25, 0.3) is 16.9 Å². The molecule has 2 aromatic carbocycles. The van der Waals surface area contributed by atoms with Gasteiger partial charge in [-0.25, -0.2) is 9.37 Å². The van der Waals surface area contributed by atoms with E-state index in [1.54, 1.807) is 22.7 Å². The maximum atomic E-state index is 13.3. The standard InChI is InChI=1S/C23H21FN4O2/c24-17-8-6-16(7-9-17)22-25-12-21-23(29)26-18(14-28(21)22)13-27-11-10-20(15-27)30-19-4-2-1-3-5-19/h1-9,12,14,20H,10-11,13,15H2,(H,26,29). The third kappa shape index (κ3) is 3.71. The van der Waals surface area contributed by atoms with E-state index in [1.165, 1.54) is 12.1 Å². The summed E-state index contributed by atoms with van der Waals surface area (Å²) in [6, 6.07) is 15.9. The molecule has 2 aromatic heterocycles. The second-order valence-electron chi connectivity index (χ2n) is 7.53. The van der Waals surface area contributed by atoms with Crippen molar-refractivity contribution in [3.8, 4) is 17.1 Å². The maximum Gasteiger partial charge on any atom is 0.274 e. The van der Waals surface area contributed by atoms with Crippen LogP contribution >= 0.6 is 0 Å². The molecule has 7 heteroatoms. The summed E-state index contributed by atoms with van der Waals surface area (Å²) in [5.41, 5.74) is 1.83. The smallest absolute Gasteiger partial charge is 0.274 e.